The summed E-state index contributed by atoms with van der Waals surface area (Å²) in [5.74, 6) is -1.17. The Hall–Kier alpha value is -0.900. The monoisotopic (exact) mass is 133 g/mol. The predicted molar refractivity (Wildman–Crippen MR) is 30.9 cm³/mol. The fraction of sp³-hybridized carbons (Fsp3) is 0.600. The molecule has 0 atom stereocenters. The van der Waals surface area contributed by atoms with Crippen LogP contribution >= 0.6 is 0 Å². The Kier molecular flexibility index (Phi) is 3.62. The number of hydrogen-bond donors (Lipinski definition) is 2. The minimum atomic E-state index is -0.961. The Morgan fingerprint density at radius 1 is 1.33 bits per heavy atom. The Bertz CT molecular complexity index is 121. The van der Waals surface area contributed by atoms with Gasteiger partial charge in [0.2, 0.25) is 0 Å². The number of nitrogens with two attached hydrogens (primary N) is 1. The lowest BCUT2D eigenvalue weighted by molar-refractivity contribution is -0.138. The van der Waals surface area contributed by atoms with Gasteiger partial charge in [-0.1, -0.05) is 0 Å². The van der Waals surface area contributed by atoms with Crippen molar-refractivity contribution in [3.63, 3.8) is 0 Å². The van der Waals surface area contributed by atoms with Crippen LogP contribution in [0.2, 0.25) is 0 Å². The van der Waals surface area contributed by atoms with Crippen molar-refractivity contribution >= 4 is 11.8 Å². The van der Waals surface area contributed by atoms with Gasteiger partial charge in [0.25, 0.3) is 0 Å². The van der Waals surface area contributed by atoms with Gasteiger partial charge in [0.05, 0.1) is 13.0 Å². The first-order valence-electron chi connectivity index (χ1n) is 2.60. The number of ketones is 1. The molecule has 0 radical (unpaired) electrons. The van der Waals surface area contributed by atoms with Gasteiger partial charge in [-0.2, -0.15) is 0 Å². The third-order valence-electron chi connectivity index (χ3n) is 0.845. The van der Waals surface area contributed by atoms with E-state index in [2.05, 4.69) is 0 Å². The van der Waals surface area contributed by atoms with E-state index in [1.807, 2.05) is 0 Å². The molecule has 0 unspecified atom stereocenters. The molecule has 9 heavy (non-hydrogen) atoms. The average Bonchev–Trinajstić information content (AvgIpc) is 1.83. The number of Topliss-reactive ketones (excluding diaryl/α,β-unsaturated/α-hetero) is 1. The van der Waals surface area contributed by atoms with Crippen molar-refractivity contribution in [2.45, 2.75) is 12.8 Å². The molecule has 0 aliphatic rings. The van der Waals surface area contributed by atoms with Gasteiger partial charge in [-0.15, -0.1) is 0 Å². The van der Waals surface area contributed by atoms with E-state index in [0.717, 1.165) is 0 Å². The normalized spacial score (nSPS) is 9.00. The van der Waals surface area contributed by atoms with Crippen molar-refractivity contribution in [3.05, 3.63) is 0 Å². The summed E-state index contributed by atoms with van der Waals surface area (Å²) in [6.07, 6.45) is -0.0676. The maximum Gasteiger partial charge on any atom is 0.303 e. The zero-order valence-electron chi connectivity index (χ0n) is 4.96. The van der Waals surface area contributed by atoms with Crippen LogP contribution < -0.4 is 5.73 Å². The van der Waals surface area contributed by atoms with Gasteiger partial charge < -0.3 is 10.8 Å². The fourth-order valence-corrected chi connectivity index (χ4v) is 0.348. The van der Waals surface area contributed by atoms with E-state index in [-0.39, 0.29) is 25.2 Å². The lowest BCUT2D eigenvalue weighted by Gasteiger charge is -1.90. The largest absolute Gasteiger partial charge is 0.481 e. The van der Waals surface area contributed by atoms with E-state index in [0.29, 0.717) is 0 Å². The van der Waals surface area contributed by atoms with Gasteiger partial charge in [0.1, 0.15) is 5.78 Å². The first kappa shape index (κ1) is 8.10. The van der Waals surface area contributed by atoms with Crippen LogP contribution in [0.5, 0.6) is 0 Å². The van der Waals surface area contributed by atoms with Gasteiger partial charge in [0.15, 0.2) is 0 Å². The maximum atomic E-state index is 10.3. The van der Waals surface area contributed by atoms with Crippen LogP contribution in [-0.2, 0) is 9.59 Å². The lowest BCUT2D eigenvalue weighted by atomic mass is 10.4. The highest BCUT2D eigenvalue weighted by molar-refractivity contribution is 5.83. The van der Waals surface area contributed by atoms with Crippen LogP contribution in [-0.4, -0.2) is 23.4 Å². The SMILES string of the molecule is N[13CH2][13C](=O)CCC(=O)O. The Morgan fingerprint density at radius 3 is 2.22 bits per heavy atom. The van der Waals surface area contributed by atoms with Crippen LogP contribution in [0.25, 0.3) is 0 Å². The molecule has 4 heteroatoms. The molecule has 0 spiro atoms. The summed E-state index contributed by atoms with van der Waals surface area (Å²) in [6, 6.07) is 0. The molecule has 0 aromatic heterocycles. The van der Waals surface area contributed by atoms with Crippen molar-refractivity contribution < 1.29 is 14.7 Å². The number of hydrogen-bond acceptors (Lipinski definition) is 3. The Balaban J connectivity index is 3.28. The van der Waals surface area contributed by atoms with Crippen molar-refractivity contribution in [2.75, 3.05) is 6.54 Å². The second kappa shape index (κ2) is 4.03. The number of carboxylic acids is 1. The summed E-state index contributed by atoms with van der Waals surface area (Å²) in [4.78, 5) is 20.2. The van der Waals surface area contributed by atoms with Gasteiger partial charge in [-0.25, -0.2) is 0 Å². The molecule has 0 amide bonds. The van der Waals surface area contributed by atoms with Gasteiger partial charge in [0, 0.05) is 6.42 Å². The molecule has 0 aromatic rings. The molecular weight excluding hydrogens is 124 g/mol. The number of rotatable bonds is 4. The molecule has 0 aliphatic heterocycles. The molecule has 0 bridgehead atoms. The van der Waals surface area contributed by atoms with Crippen molar-refractivity contribution in [2.24, 2.45) is 5.73 Å². The average molecular weight is 133 g/mol. The van der Waals surface area contributed by atoms with Crippen molar-refractivity contribution in [1.29, 1.82) is 0 Å². The highest BCUT2D eigenvalue weighted by Gasteiger charge is 2.01. The Morgan fingerprint density at radius 2 is 1.89 bits per heavy atom. The first-order valence-corrected chi connectivity index (χ1v) is 2.60. The molecule has 0 fully saturated rings. The number of carboxylic acid groups (broad SMARTS) is 1. The highest BCUT2D eigenvalue weighted by Crippen LogP contribution is 1.87. The maximum absolute atomic E-state index is 10.3. The van der Waals surface area contributed by atoms with Crippen molar-refractivity contribution in [3.8, 4) is 0 Å². The smallest absolute Gasteiger partial charge is 0.303 e. The van der Waals surface area contributed by atoms with Crippen LogP contribution in [0, 0.1) is 0 Å². The predicted octanol–water partition coefficient (Wildman–Crippen LogP) is -0.621. The molecule has 4 nitrogen and oxygen atoms in total. The van der Waals surface area contributed by atoms with Gasteiger partial charge in [-0.05, 0) is 0 Å². The van der Waals surface area contributed by atoms with E-state index in [1.165, 1.54) is 0 Å². The van der Waals surface area contributed by atoms with E-state index < -0.39 is 5.97 Å². The van der Waals surface area contributed by atoms with Crippen molar-refractivity contribution in [1.82, 2.24) is 0 Å². The summed E-state index contributed by atoms with van der Waals surface area (Å²) < 4.78 is 0. The van der Waals surface area contributed by atoms with E-state index in [9.17, 15) is 9.59 Å². The summed E-state index contributed by atoms with van der Waals surface area (Å²) in [5, 5.41) is 8.06. The molecule has 0 aliphatic carbocycles. The molecule has 52 valence electrons. The fourth-order valence-electron chi connectivity index (χ4n) is 0.348. The molecule has 0 saturated heterocycles. The Labute approximate surface area is 52.7 Å². The molecule has 0 heterocycles. The third kappa shape index (κ3) is 4.96. The van der Waals surface area contributed by atoms with Crippen LogP contribution in [0.3, 0.4) is 0 Å². The molecule has 0 rings (SSSR count). The summed E-state index contributed by atoms with van der Waals surface area (Å²) >= 11 is 0. The minimum Gasteiger partial charge on any atom is -0.481 e. The number of aliphatic carboxylic acids is 1. The van der Waals surface area contributed by atoms with E-state index in [4.69, 9.17) is 10.8 Å². The number of carbonyl (C=O) groups is 2. The quantitative estimate of drug-likeness (QED) is 0.501. The number of carbonyl (C=O) groups excluding carboxylic acids is 1. The van der Waals surface area contributed by atoms with E-state index in [1.54, 1.807) is 0 Å². The van der Waals surface area contributed by atoms with Crippen LogP contribution in [0.4, 0.5) is 0 Å². The second-order valence-electron chi connectivity index (χ2n) is 1.64. The molecule has 0 aromatic carbocycles. The first-order chi connectivity index (χ1) is 4.16. The molecule has 0 saturated carbocycles. The van der Waals surface area contributed by atoms with Crippen LogP contribution in [0.1, 0.15) is 12.8 Å². The molecular formula is C5H9NO3. The summed E-state index contributed by atoms with van der Waals surface area (Å²) in [5.41, 5.74) is 4.92. The standard InChI is InChI=1S/C5H9NO3/c6-3-4(7)1-2-5(8)9/h1-3,6H2,(H,8,9)/i3+1,4+1. The third-order valence-corrected chi connectivity index (χ3v) is 0.845. The second-order valence-corrected chi connectivity index (χ2v) is 1.64. The van der Waals surface area contributed by atoms with Gasteiger partial charge in [-0.3, -0.25) is 9.59 Å². The summed E-state index contributed by atoms with van der Waals surface area (Å²) in [7, 11) is 0. The zero-order chi connectivity index (χ0) is 7.28. The van der Waals surface area contributed by atoms with Gasteiger partial charge >= 0.3 is 5.97 Å². The highest BCUT2D eigenvalue weighted by atomic mass is 16.4. The minimum absolute atomic E-state index is 0.0475. The van der Waals surface area contributed by atoms with E-state index >= 15 is 0 Å². The van der Waals surface area contributed by atoms with Crippen LogP contribution in [0.15, 0.2) is 0 Å². The molecule has 3 N–H and O–H groups in total. The zero-order valence-corrected chi connectivity index (χ0v) is 4.96. The summed E-state index contributed by atoms with van der Waals surface area (Å²) in [6.45, 7) is -0.0622. The topological polar surface area (TPSA) is 80.4 Å². The lowest BCUT2D eigenvalue weighted by Crippen LogP contribution is -2.14.